The average Bonchev–Trinajstić information content (AvgIpc) is 3.42. The Kier molecular flexibility index (Phi) is 5.93. The number of nitrogens with zero attached hydrogens (tertiary/aromatic N) is 2. The van der Waals surface area contributed by atoms with Gasteiger partial charge in [-0.15, -0.1) is 22.7 Å². The van der Waals surface area contributed by atoms with E-state index in [1.807, 2.05) is 23.6 Å². The minimum Gasteiger partial charge on any atom is -0.350 e. The monoisotopic (exact) mass is 463 g/mol. The van der Waals surface area contributed by atoms with Gasteiger partial charge in [0.15, 0.2) is 0 Å². The van der Waals surface area contributed by atoms with E-state index in [2.05, 4.69) is 30.4 Å². The van der Waals surface area contributed by atoms with Crippen molar-refractivity contribution < 1.29 is 9.59 Å². The predicted octanol–water partition coefficient (Wildman–Crippen LogP) is 4.50. The van der Waals surface area contributed by atoms with Crippen LogP contribution in [0.15, 0.2) is 46.8 Å². The third kappa shape index (κ3) is 4.14. The summed E-state index contributed by atoms with van der Waals surface area (Å²) in [5.74, 6) is -0.276. The summed E-state index contributed by atoms with van der Waals surface area (Å²) < 4.78 is 0. The number of thiophene rings is 2. The van der Waals surface area contributed by atoms with E-state index >= 15 is 0 Å². The summed E-state index contributed by atoms with van der Waals surface area (Å²) in [6, 6.07) is 12.3. The van der Waals surface area contributed by atoms with Gasteiger partial charge in [0.1, 0.15) is 18.1 Å². The van der Waals surface area contributed by atoms with E-state index in [1.165, 1.54) is 16.9 Å². The molecule has 0 radical (unpaired) electrons. The van der Waals surface area contributed by atoms with Gasteiger partial charge in [0.2, 0.25) is 11.8 Å². The lowest BCUT2D eigenvalue weighted by atomic mass is 9.91. The maximum absolute atomic E-state index is 13.1. The van der Waals surface area contributed by atoms with E-state index < -0.39 is 0 Å². The Bertz CT molecular complexity index is 1190. The zero-order chi connectivity index (χ0) is 22.1. The molecule has 3 aromatic rings. The molecule has 1 aliphatic heterocycles. The molecule has 5 nitrogen and oxygen atoms in total. The van der Waals surface area contributed by atoms with Gasteiger partial charge in [-0.05, 0) is 55.7 Å². The Labute approximate surface area is 195 Å². The van der Waals surface area contributed by atoms with Crippen molar-refractivity contribution in [2.45, 2.75) is 39.2 Å². The first-order valence-corrected chi connectivity index (χ1v) is 12.7. The van der Waals surface area contributed by atoms with Gasteiger partial charge in [-0.3, -0.25) is 19.5 Å². The van der Waals surface area contributed by atoms with E-state index in [9.17, 15) is 9.59 Å². The summed E-state index contributed by atoms with van der Waals surface area (Å²) in [5.41, 5.74) is 5.46. The first-order valence-electron chi connectivity index (χ1n) is 11.0. The van der Waals surface area contributed by atoms with Gasteiger partial charge in [0.05, 0.1) is 12.3 Å². The molecule has 2 amide bonds. The first-order chi connectivity index (χ1) is 15.6. The van der Waals surface area contributed by atoms with Crippen LogP contribution in [0.2, 0.25) is 0 Å². The number of benzene rings is 1. The fraction of sp³-hybridized carbons (Fsp3) is 0.320. The number of carbonyl (C=O) groups excluding carboxylic acids is 2. The molecular weight excluding hydrogens is 438 g/mol. The molecule has 0 unspecified atom stereocenters. The molecule has 0 spiro atoms. The molecule has 0 saturated carbocycles. The lowest BCUT2D eigenvalue weighted by Crippen LogP contribution is -2.41. The summed E-state index contributed by atoms with van der Waals surface area (Å²) in [6.45, 7) is 2.63. The second kappa shape index (κ2) is 9.00. The van der Waals surface area contributed by atoms with Crippen LogP contribution in [-0.4, -0.2) is 30.6 Å². The van der Waals surface area contributed by atoms with E-state index in [4.69, 9.17) is 4.99 Å². The van der Waals surface area contributed by atoms with Crippen molar-refractivity contribution in [1.29, 1.82) is 0 Å². The molecule has 164 valence electrons. The largest absolute Gasteiger partial charge is 0.350 e. The fourth-order valence-corrected chi connectivity index (χ4v) is 6.45. The molecule has 3 heterocycles. The second-order valence-electron chi connectivity index (χ2n) is 8.26. The van der Waals surface area contributed by atoms with Crippen molar-refractivity contribution in [3.63, 3.8) is 0 Å². The molecule has 0 bridgehead atoms. The van der Waals surface area contributed by atoms with Crippen molar-refractivity contribution in [2.24, 2.45) is 4.99 Å². The molecule has 2 aliphatic rings. The smallest absolute Gasteiger partial charge is 0.249 e. The van der Waals surface area contributed by atoms with Gasteiger partial charge in [0.25, 0.3) is 0 Å². The number of hydrogen-bond acceptors (Lipinski definition) is 5. The minimum absolute atomic E-state index is 0.0211. The fourth-order valence-electron chi connectivity index (χ4n) is 4.40. The van der Waals surface area contributed by atoms with Gasteiger partial charge in [-0.1, -0.05) is 29.8 Å². The van der Waals surface area contributed by atoms with E-state index in [0.717, 1.165) is 51.5 Å². The maximum Gasteiger partial charge on any atom is 0.249 e. The third-order valence-electron chi connectivity index (χ3n) is 5.94. The van der Waals surface area contributed by atoms with Crippen LogP contribution in [0.1, 0.15) is 44.8 Å². The third-order valence-corrected chi connectivity index (χ3v) is 8.13. The molecule has 0 atom stereocenters. The summed E-state index contributed by atoms with van der Waals surface area (Å²) in [7, 11) is 0. The minimum atomic E-state index is -0.150. The van der Waals surface area contributed by atoms with Crippen LogP contribution in [0.4, 0.5) is 5.00 Å². The molecule has 5 rings (SSSR count). The second-order valence-corrected chi connectivity index (χ2v) is 10.4. The van der Waals surface area contributed by atoms with Gasteiger partial charge in [-0.25, -0.2) is 0 Å². The molecule has 32 heavy (non-hydrogen) atoms. The SMILES string of the molecule is Cc1cccc(C2=NCC(=O)N(CC(=O)NCc3cccs3)c3sc4c(c32)CCCC4)c1. The zero-order valence-electron chi connectivity index (χ0n) is 18.0. The van der Waals surface area contributed by atoms with E-state index in [1.54, 1.807) is 27.6 Å². The van der Waals surface area contributed by atoms with Crippen LogP contribution in [0, 0.1) is 6.92 Å². The number of hydrogen-bond donors (Lipinski definition) is 1. The standard InChI is InChI=1S/C25H25N3O2S2/c1-16-6-4-7-17(12-16)24-23-19-9-2-3-10-20(19)32-25(23)28(22(30)14-27-24)15-21(29)26-13-18-8-5-11-31-18/h4-8,11-12H,2-3,9-10,13-15H2,1H3,(H,26,29). The van der Waals surface area contributed by atoms with E-state index in [0.29, 0.717) is 6.54 Å². The normalized spacial score (nSPS) is 15.6. The lowest BCUT2D eigenvalue weighted by Gasteiger charge is -2.20. The molecule has 0 saturated heterocycles. The first kappa shape index (κ1) is 21.1. The molecule has 0 fully saturated rings. The number of anilines is 1. The zero-order valence-corrected chi connectivity index (χ0v) is 19.7. The van der Waals surface area contributed by atoms with Crippen LogP contribution in [0.25, 0.3) is 0 Å². The Hall–Kier alpha value is -2.77. The van der Waals surface area contributed by atoms with E-state index in [-0.39, 0.29) is 24.9 Å². The van der Waals surface area contributed by atoms with Crippen LogP contribution in [0.3, 0.4) is 0 Å². The number of amides is 2. The summed E-state index contributed by atoms with van der Waals surface area (Å²) in [4.78, 5) is 34.8. The lowest BCUT2D eigenvalue weighted by molar-refractivity contribution is -0.123. The number of fused-ring (bicyclic) bond motifs is 3. The van der Waals surface area contributed by atoms with Crippen LogP contribution < -0.4 is 10.2 Å². The highest BCUT2D eigenvalue weighted by molar-refractivity contribution is 7.17. The molecule has 1 N–H and O–H groups in total. The van der Waals surface area contributed by atoms with Crippen molar-refractivity contribution in [2.75, 3.05) is 18.0 Å². The Morgan fingerprint density at radius 1 is 1.19 bits per heavy atom. The van der Waals surface area contributed by atoms with Gasteiger partial charge >= 0.3 is 0 Å². The molecular formula is C25H25N3O2S2. The number of rotatable bonds is 5. The van der Waals surface area contributed by atoms with Crippen LogP contribution in [0.5, 0.6) is 0 Å². The number of nitrogens with one attached hydrogen (secondary N) is 1. The summed E-state index contributed by atoms with van der Waals surface area (Å²) in [5, 5.41) is 5.83. The quantitative estimate of drug-likeness (QED) is 0.606. The van der Waals surface area contributed by atoms with Gasteiger partial charge in [-0.2, -0.15) is 0 Å². The number of aliphatic imine (C=N–C) groups is 1. The average molecular weight is 464 g/mol. The van der Waals surface area contributed by atoms with Crippen LogP contribution in [-0.2, 0) is 29.0 Å². The maximum atomic E-state index is 13.1. The molecule has 1 aromatic carbocycles. The topological polar surface area (TPSA) is 61.8 Å². The highest BCUT2D eigenvalue weighted by atomic mass is 32.1. The summed E-state index contributed by atoms with van der Waals surface area (Å²) >= 11 is 3.28. The van der Waals surface area contributed by atoms with Crippen molar-refractivity contribution >= 4 is 45.2 Å². The number of carbonyl (C=O) groups is 2. The molecule has 2 aromatic heterocycles. The van der Waals surface area contributed by atoms with Gasteiger partial charge in [0, 0.05) is 20.9 Å². The van der Waals surface area contributed by atoms with Crippen LogP contribution >= 0.6 is 22.7 Å². The van der Waals surface area contributed by atoms with Crippen molar-refractivity contribution in [3.05, 3.63) is 73.8 Å². The Balaban J connectivity index is 1.50. The highest BCUT2D eigenvalue weighted by Gasteiger charge is 2.33. The number of aryl methyl sites for hydroxylation is 2. The van der Waals surface area contributed by atoms with Crippen molar-refractivity contribution in [1.82, 2.24) is 5.32 Å². The van der Waals surface area contributed by atoms with Gasteiger partial charge < -0.3 is 5.32 Å². The summed E-state index contributed by atoms with van der Waals surface area (Å²) in [6.07, 6.45) is 4.34. The predicted molar refractivity (Wildman–Crippen MR) is 131 cm³/mol. The van der Waals surface area contributed by atoms with Crippen molar-refractivity contribution in [3.8, 4) is 0 Å². The molecule has 7 heteroatoms. The Morgan fingerprint density at radius 3 is 2.88 bits per heavy atom. The Morgan fingerprint density at radius 2 is 2.06 bits per heavy atom. The highest BCUT2D eigenvalue weighted by Crippen LogP contribution is 2.42. The molecule has 1 aliphatic carbocycles.